The van der Waals surface area contributed by atoms with Gasteiger partial charge in [-0.05, 0) is 31.2 Å². The number of aryl methyl sites for hydroxylation is 2. The maximum absolute atomic E-state index is 5.52. The van der Waals surface area contributed by atoms with E-state index in [1.165, 1.54) is 0 Å². The van der Waals surface area contributed by atoms with Crippen molar-refractivity contribution in [1.29, 1.82) is 0 Å². The third kappa shape index (κ3) is 2.39. The van der Waals surface area contributed by atoms with Gasteiger partial charge in [0.25, 0.3) is 0 Å². The van der Waals surface area contributed by atoms with Crippen molar-refractivity contribution in [2.24, 2.45) is 7.05 Å². The van der Waals surface area contributed by atoms with Gasteiger partial charge in [-0.1, -0.05) is 12.1 Å². The number of para-hydroxylation sites is 2. The molecule has 0 spiro atoms. The number of furan rings is 1. The zero-order chi connectivity index (χ0) is 13.2. The van der Waals surface area contributed by atoms with Gasteiger partial charge in [0.1, 0.15) is 17.3 Å². The van der Waals surface area contributed by atoms with Crippen LogP contribution in [0.2, 0.25) is 0 Å². The van der Waals surface area contributed by atoms with E-state index in [1.54, 1.807) is 0 Å². The van der Waals surface area contributed by atoms with Crippen molar-refractivity contribution >= 4 is 11.0 Å². The van der Waals surface area contributed by atoms with Crippen molar-refractivity contribution in [3.05, 3.63) is 53.7 Å². The summed E-state index contributed by atoms with van der Waals surface area (Å²) in [5.74, 6) is 2.93. The minimum Gasteiger partial charge on any atom is -0.465 e. The molecule has 0 radical (unpaired) electrons. The number of nitrogens with zero attached hydrogens (tertiary/aromatic N) is 2. The van der Waals surface area contributed by atoms with Crippen LogP contribution in [0.5, 0.6) is 0 Å². The number of hydrogen-bond donors (Lipinski definition) is 1. The molecule has 19 heavy (non-hydrogen) atoms. The molecular weight excluding hydrogens is 238 g/mol. The second kappa shape index (κ2) is 4.90. The molecule has 0 aliphatic rings. The van der Waals surface area contributed by atoms with Crippen molar-refractivity contribution in [3.63, 3.8) is 0 Å². The summed E-state index contributed by atoms with van der Waals surface area (Å²) in [7, 11) is 2.05. The molecule has 1 aromatic carbocycles. The zero-order valence-corrected chi connectivity index (χ0v) is 11.2. The fourth-order valence-corrected chi connectivity index (χ4v) is 2.23. The van der Waals surface area contributed by atoms with Crippen molar-refractivity contribution in [1.82, 2.24) is 14.9 Å². The van der Waals surface area contributed by atoms with Gasteiger partial charge in [0.2, 0.25) is 0 Å². The Hall–Kier alpha value is -2.07. The first-order valence-corrected chi connectivity index (χ1v) is 6.40. The second-order valence-electron chi connectivity index (χ2n) is 4.69. The number of nitrogens with one attached hydrogen (secondary N) is 1. The molecule has 0 fully saturated rings. The van der Waals surface area contributed by atoms with Crippen LogP contribution in [0.4, 0.5) is 0 Å². The molecule has 2 heterocycles. The van der Waals surface area contributed by atoms with Gasteiger partial charge < -0.3 is 14.3 Å². The van der Waals surface area contributed by atoms with E-state index < -0.39 is 0 Å². The molecular formula is C15H17N3O. The lowest BCUT2D eigenvalue weighted by atomic mass is 10.3. The van der Waals surface area contributed by atoms with Crippen molar-refractivity contribution in [2.45, 2.75) is 20.0 Å². The highest BCUT2D eigenvalue weighted by molar-refractivity contribution is 5.75. The smallest absolute Gasteiger partial charge is 0.123 e. The van der Waals surface area contributed by atoms with E-state index in [9.17, 15) is 0 Å². The van der Waals surface area contributed by atoms with Crippen LogP contribution < -0.4 is 5.32 Å². The zero-order valence-electron chi connectivity index (χ0n) is 11.2. The molecule has 0 amide bonds. The topological polar surface area (TPSA) is 43.0 Å². The Labute approximate surface area is 112 Å². The molecule has 4 nitrogen and oxygen atoms in total. The Morgan fingerprint density at radius 2 is 2.00 bits per heavy atom. The molecule has 0 saturated carbocycles. The maximum atomic E-state index is 5.52. The number of imidazole rings is 1. The van der Waals surface area contributed by atoms with E-state index >= 15 is 0 Å². The lowest BCUT2D eigenvalue weighted by molar-refractivity contribution is 0.459. The van der Waals surface area contributed by atoms with Crippen LogP contribution in [-0.4, -0.2) is 9.55 Å². The van der Waals surface area contributed by atoms with E-state index in [-0.39, 0.29) is 0 Å². The van der Waals surface area contributed by atoms with Crippen molar-refractivity contribution in [3.8, 4) is 0 Å². The van der Waals surface area contributed by atoms with E-state index in [0.29, 0.717) is 0 Å². The van der Waals surface area contributed by atoms with Crippen LogP contribution in [0.25, 0.3) is 11.0 Å². The molecule has 0 unspecified atom stereocenters. The lowest BCUT2D eigenvalue weighted by Gasteiger charge is -2.03. The molecule has 3 aromatic rings. The fourth-order valence-electron chi connectivity index (χ4n) is 2.23. The summed E-state index contributed by atoms with van der Waals surface area (Å²) < 4.78 is 7.64. The molecule has 0 aliphatic carbocycles. The predicted octanol–water partition coefficient (Wildman–Crippen LogP) is 2.76. The Balaban J connectivity index is 1.70. The molecule has 0 aliphatic heterocycles. The number of aromatic nitrogens is 2. The highest BCUT2D eigenvalue weighted by Gasteiger charge is 2.06. The van der Waals surface area contributed by atoms with Crippen LogP contribution in [0.1, 0.15) is 17.3 Å². The Kier molecular flexibility index (Phi) is 3.09. The molecule has 3 rings (SSSR count). The number of rotatable bonds is 4. The first-order chi connectivity index (χ1) is 9.24. The monoisotopic (exact) mass is 255 g/mol. The van der Waals surface area contributed by atoms with Gasteiger partial charge in [0, 0.05) is 7.05 Å². The summed E-state index contributed by atoms with van der Waals surface area (Å²) in [6, 6.07) is 12.1. The third-order valence-electron chi connectivity index (χ3n) is 3.26. The third-order valence-corrected chi connectivity index (χ3v) is 3.26. The number of fused-ring (bicyclic) bond motifs is 1. The SMILES string of the molecule is Cc1ccc(CNCc2nc3ccccc3n2C)o1. The average Bonchev–Trinajstić information content (AvgIpc) is 2.96. The van der Waals surface area contributed by atoms with Gasteiger partial charge in [-0.25, -0.2) is 4.98 Å². The minimum atomic E-state index is 0.719. The standard InChI is InChI=1S/C15H17N3O/c1-11-7-8-12(19-11)9-16-10-15-17-13-5-3-4-6-14(13)18(15)2/h3-8,16H,9-10H2,1-2H3. The van der Waals surface area contributed by atoms with Crippen LogP contribution in [0, 0.1) is 6.92 Å². The summed E-state index contributed by atoms with van der Waals surface area (Å²) in [4.78, 5) is 4.62. The molecule has 2 aromatic heterocycles. The molecule has 0 atom stereocenters. The maximum Gasteiger partial charge on any atom is 0.123 e. The van der Waals surface area contributed by atoms with Crippen molar-refractivity contribution < 1.29 is 4.42 Å². The molecule has 0 saturated heterocycles. The molecule has 1 N–H and O–H groups in total. The Morgan fingerprint density at radius 3 is 2.74 bits per heavy atom. The van der Waals surface area contributed by atoms with Crippen LogP contribution in [0.3, 0.4) is 0 Å². The molecule has 0 bridgehead atoms. The first kappa shape index (κ1) is 12.0. The highest BCUT2D eigenvalue weighted by atomic mass is 16.3. The Morgan fingerprint density at radius 1 is 1.16 bits per heavy atom. The van der Waals surface area contributed by atoms with E-state index in [0.717, 1.165) is 41.5 Å². The van der Waals surface area contributed by atoms with Gasteiger partial charge in [-0.15, -0.1) is 0 Å². The van der Waals surface area contributed by atoms with Crippen LogP contribution in [0.15, 0.2) is 40.8 Å². The van der Waals surface area contributed by atoms with Gasteiger partial charge in [0.15, 0.2) is 0 Å². The van der Waals surface area contributed by atoms with E-state index in [4.69, 9.17) is 4.42 Å². The van der Waals surface area contributed by atoms with Gasteiger partial charge in [0.05, 0.1) is 24.1 Å². The van der Waals surface area contributed by atoms with E-state index in [1.807, 2.05) is 44.3 Å². The van der Waals surface area contributed by atoms with Gasteiger partial charge >= 0.3 is 0 Å². The summed E-state index contributed by atoms with van der Waals surface area (Å²) in [5, 5.41) is 3.36. The largest absolute Gasteiger partial charge is 0.465 e. The minimum absolute atomic E-state index is 0.719. The number of benzene rings is 1. The summed E-state index contributed by atoms with van der Waals surface area (Å²) in [5.41, 5.74) is 2.20. The summed E-state index contributed by atoms with van der Waals surface area (Å²) in [6.45, 7) is 3.40. The highest BCUT2D eigenvalue weighted by Crippen LogP contribution is 2.14. The van der Waals surface area contributed by atoms with Crippen molar-refractivity contribution in [2.75, 3.05) is 0 Å². The van der Waals surface area contributed by atoms with Gasteiger partial charge in [-0.3, -0.25) is 0 Å². The summed E-state index contributed by atoms with van der Waals surface area (Å²) >= 11 is 0. The number of hydrogen-bond acceptors (Lipinski definition) is 3. The van der Waals surface area contributed by atoms with Crippen LogP contribution >= 0.6 is 0 Å². The van der Waals surface area contributed by atoms with Gasteiger partial charge in [-0.2, -0.15) is 0 Å². The first-order valence-electron chi connectivity index (χ1n) is 6.40. The Bertz CT molecular complexity index is 696. The molecule has 98 valence electrons. The average molecular weight is 255 g/mol. The molecule has 4 heteroatoms. The second-order valence-corrected chi connectivity index (χ2v) is 4.69. The summed E-state index contributed by atoms with van der Waals surface area (Å²) in [6.07, 6.45) is 0. The normalized spacial score (nSPS) is 11.3. The quantitative estimate of drug-likeness (QED) is 0.779. The lowest BCUT2D eigenvalue weighted by Crippen LogP contribution is -2.15. The van der Waals surface area contributed by atoms with Crippen LogP contribution in [-0.2, 0) is 20.1 Å². The van der Waals surface area contributed by atoms with E-state index in [2.05, 4.69) is 20.9 Å². The fraction of sp³-hybridized carbons (Fsp3) is 0.267. The predicted molar refractivity (Wildman–Crippen MR) is 74.7 cm³/mol.